The second kappa shape index (κ2) is 5.54. The van der Waals surface area contributed by atoms with E-state index in [9.17, 15) is 5.11 Å². The van der Waals surface area contributed by atoms with Crippen LogP contribution >= 0.6 is 24.0 Å². The molecule has 2 nitrogen and oxygen atoms in total. The summed E-state index contributed by atoms with van der Waals surface area (Å²) in [4.78, 5) is 0. The van der Waals surface area contributed by atoms with Gasteiger partial charge in [0.1, 0.15) is 17.4 Å². The number of rotatable bonds is 2. The van der Waals surface area contributed by atoms with E-state index < -0.39 is 0 Å². The first kappa shape index (κ1) is 11.8. The van der Waals surface area contributed by atoms with E-state index in [4.69, 9.17) is 17.5 Å². The molecule has 4 heteroatoms. The van der Waals surface area contributed by atoms with Gasteiger partial charge in [-0.1, -0.05) is 42.5 Å². The van der Waals surface area contributed by atoms with Gasteiger partial charge in [-0.2, -0.15) is 5.26 Å². The minimum absolute atomic E-state index is 0.0579. The summed E-state index contributed by atoms with van der Waals surface area (Å²) < 4.78 is 0.402. The Kier molecular flexibility index (Phi) is 4.35. The average molecular weight is 235 g/mol. The summed E-state index contributed by atoms with van der Waals surface area (Å²) in [5, 5.41) is 18.7. The zero-order valence-electron chi connectivity index (χ0n) is 8.10. The zero-order valence-corrected chi connectivity index (χ0v) is 9.73. The van der Waals surface area contributed by atoms with Crippen molar-refractivity contribution in [2.24, 2.45) is 0 Å². The van der Waals surface area contributed by atoms with E-state index in [0.717, 1.165) is 0 Å². The molecule has 76 valence electrons. The lowest BCUT2D eigenvalue weighted by Gasteiger charge is -2.03. The van der Waals surface area contributed by atoms with E-state index in [-0.39, 0.29) is 11.3 Å². The third kappa shape index (κ3) is 2.82. The molecule has 0 aliphatic carbocycles. The quantitative estimate of drug-likeness (QED) is 0.370. The molecular formula is C11H9NOS2. The fourth-order valence-corrected chi connectivity index (χ4v) is 1.53. The molecule has 0 saturated carbocycles. The minimum atomic E-state index is -0.0579. The summed E-state index contributed by atoms with van der Waals surface area (Å²) in [5.41, 5.74) is 0.758. The third-order valence-electron chi connectivity index (χ3n) is 1.79. The molecule has 15 heavy (non-hydrogen) atoms. The Morgan fingerprint density at radius 3 is 2.47 bits per heavy atom. The van der Waals surface area contributed by atoms with Gasteiger partial charge in [0.25, 0.3) is 0 Å². The standard InChI is InChI=1S/C11H9NOS2/c1-15-11(14)9(7-12)10(13)8-5-3-2-4-6-8/h2-6,13H,1H3. The first-order chi connectivity index (χ1) is 7.20. The molecule has 0 saturated heterocycles. The topological polar surface area (TPSA) is 44.0 Å². The van der Waals surface area contributed by atoms with Crippen molar-refractivity contribution in [1.29, 1.82) is 5.26 Å². The Morgan fingerprint density at radius 1 is 1.40 bits per heavy atom. The van der Waals surface area contributed by atoms with Gasteiger partial charge in [0.15, 0.2) is 0 Å². The molecule has 0 aliphatic heterocycles. The molecule has 0 unspecified atom stereocenters. The number of aliphatic hydroxyl groups is 1. The van der Waals surface area contributed by atoms with E-state index >= 15 is 0 Å². The molecule has 0 aliphatic rings. The number of hydrogen-bond donors (Lipinski definition) is 1. The number of benzene rings is 1. The first-order valence-corrected chi connectivity index (χ1v) is 5.81. The van der Waals surface area contributed by atoms with Crippen LogP contribution in [0, 0.1) is 11.3 Å². The fraction of sp³-hybridized carbons (Fsp3) is 0.0909. The van der Waals surface area contributed by atoms with Crippen LogP contribution in [0.4, 0.5) is 0 Å². The lowest BCUT2D eigenvalue weighted by Crippen LogP contribution is -1.97. The van der Waals surface area contributed by atoms with Crippen LogP contribution in [-0.4, -0.2) is 15.6 Å². The van der Waals surface area contributed by atoms with Crippen LogP contribution in [0.3, 0.4) is 0 Å². The van der Waals surface area contributed by atoms with E-state index in [0.29, 0.717) is 9.76 Å². The van der Waals surface area contributed by atoms with Gasteiger partial charge in [0.05, 0.1) is 4.20 Å². The number of hydrogen-bond acceptors (Lipinski definition) is 4. The molecule has 0 aromatic heterocycles. The normalized spacial score (nSPS) is 11.5. The average Bonchev–Trinajstić information content (AvgIpc) is 2.30. The summed E-state index contributed by atoms with van der Waals surface area (Å²) in [5.74, 6) is -0.0579. The van der Waals surface area contributed by atoms with Crippen LogP contribution in [0.25, 0.3) is 5.76 Å². The SMILES string of the molecule is CSC(=S)C(C#N)=C(O)c1ccccc1. The number of thiocarbonyl (C=S) groups is 1. The summed E-state index contributed by atoms with van der Waals surface area (Å²) in [6, 6.07) is 10.8. The Labute approximate surface area is 98.2 Å². The zero-order chi connectivity index (χ0) is 11.3. The summed E-state index contributed by atoms with van der Waals surface area (Å²) in [6.45, 7) is 0. The van der Waals surface area contributed by atoms with Crippen molar-refractivity contribution in [2.75, 3.05) is 6.26 Å². The van der Waals surface area contributed by atoms with Gasteiger partial charge in [-0.05, 0) is 6.26 Å². The van der Waals surface area contributed by atoms with Gasteiger partial charge in [-0.15, -0.1) is 11.8 Å². The van der Waals surface area contributed by atoms with Crippen molar-refractivity contribution in [2.45, 2.75) is 0 Å². The third-order valence-corrected chi connectivity index (χ3v) is 3.06. The Bertz CT molecular complexity index is 432. The molecule has 1 N–H and O–H groups in total. The van der Waals surface area contributed by atoms with Crippen molar-refractivity contribution >= 4 is 33.9 Å². The second-order valence-electron chi connectivity index (χ2n) is 2.69. The van der Waals surface area contributed by atoms with Gasteiger partial charge in [-0.25, -0.2) is 0 Å². The molecule has 1 rings (SSSR count). The molecule has 1 aromatic carbocycles. The van der Waals surface area contributed by atoms with Crippen LogP contribution < -0.4 is 0 Å². The predicted octanol–water partition coefficient (Wildman–Crippen LogP) is 3.17. The summed E-state index contributed by atoms with van der Waals surface area (Å²) in [6.07, 6.45) is 1.78. The maximum Gasteiger partial charge on any atom is 0.142 e. The van der Waals surface area contributed by atoms with Gasteiger partial charge >= 0.3 is 0 Å². The monoisotopic (exact) mass is 235 g/mol. The summed E-state index contributed by atoms with van der Waals surface area (Å²) in [7, 11) is 0. The molecule has 0 atom stereocenters. The van der Waals surface area contributed by atoms with Crippen molar-refractivity contribution in [3.63, 3.8) is 0 Å². The van der Waals surface area contributed by atoms with Gasteiger partial charge in [0.2, 0.25) is 0 Å². The Hall–Kier alpha value is -1.31. The highest BCUT2D eigenvalue weighted by Crippen LogP contribution is 2.20. The molecule has 0 radical (unpaired) electrons. The Balaban J connectivity index is 3.20. The lowest BCUT2D eigenvalue weighted by atomic mass is 10.1. The number of thioether (sulfide) groups is 1. The van der Waals surface area contributed by atoms with Crippen molar-refractivity contribution in [3.05, 3.63) is 41.5 Å². The van der Waals surface area contributed by atoms with Crippen LogP contribution in [0.1, 0.15) is 5.56 Å². The predicted molar refractivity (Wildman–Crippen MR) is 67.7 cm³/mol. The van der Waals surface area contributed by atoms with Crippen LogP contribution in [0.5, 0.6) is 0 Å². The van der Waals surface area contributed by atoms with Gasteiger partial charge < -0.3 is 5.11 Å². The molecule has 1 aromatic rings. The molecule has 0 heterocycles. The fourth-order valence-electron chi connectivity index (χ4n) is 1.04. The maximum absolute atomic E-state index is 9.84. The number of aliphatic hydroxyl groups excluding tert-OH is 1. The van der Waals surface area contributed by atoms with Crippen molar-refractivity contribution < 1.29 is 5.11 Å². The molecule has 0 spiro atoms. The molecule has 0 amide bonds. The molecule has 0 fully saturated rings. The van der Waals surface area contributed by atoms with Gasteiger partial charge in [0, 0.05) is 5.56 Å². The molecular weight excluding hydrogens is 226 g/mol. The maximum atomic E-state index is 9.84. The highest BCUT2D eigenvalue weighted by atomic mass is 32.2. The minimum Gasteiger partial charge on any atom is -0.506 e. The van der Waals surface area contributed by atoms with Crippen LogP contribution in [-0.2, 0) is 0 Å². The van der Waals surface area contributed by atoms with Crippen LogP contribution in [0.2, 0.25) is 0 Å². The van der Waals surface area contributed by atoms with Crippen LogP contribution in [0.15, 0.2) is 35.9 Å². The van der Waals surface area contributed by atoms with Crippen molar-refractivity contribution in [1.82, 2.24) is 0 Å². The highest BCUT2D eigenvalue weighted by molar-refractivity contribution is 8.23. The van der Waals surface area contributed by atoms with Crippen molar-refractivity contribution in [3.8, 4) is 6.07 Å². The van der Waals surface area contributed by atoms with Gasteiger partial charge in [-0.3, -0.25) is 0 Å². The number of nitrogens with zero attached hydrogens (tertiary/aromatic N) is 1. The highest BCUT2D eigenvalue weighted by Gasteiger charge is 2.11. The second-order valence-corrected chi connectivity index (χ2v) is 4.18. The molecule has 0 bridgehead atoms. The van der Waals surface area contributed by atoms with E-state index in [2.05, 4.69) is 0 Å². The lowest BCUT2D eigenvalue weighted by molar-refractivity contribution is 0.510. The summed E-state index contributed by atoms with van der Waals surface area (Å²) >= 11 is 6.25. The largest absolute Gasteiger partial charge is 0.506 e. The Morgan fingerprint density at radius 2 is 2.00 bits per heavy atom. The number of nitriles is 1. The first-order valence-electron chi connectivity index (χ1n) is 4.17. The van der Waals surface area contributed by atoms with E-state index in [1.807, 2.05) is 12.1 Å². The van der Waals surface area contributed by atoms with E-state index in [1.165, 1.54) is 11.8 Å². The van der Waals surface area contributed by atoms with E-state index in [1.54, 1.807) is 30.5 Å². The smallest absolute Gasteiger partial charge is 0.142 e.